The van der Waals surface area contributed by atoms with E-state index < -0.39 is 0 Å². The van der Waals surface area contributed by atoms with E-state index in [0.29, 0.717) is 15.8 Å². The number of hydrogen-bond acceptors (Lipinski definition) is 3. The highest BCUT2D eigenvalue weighted by Gasteiger charge is 2.16. The fourth-order valence-electron chi connectivity index (χ4n) is 1.09. The van der Waals surface area contributed by atoms with Crippen LogP contribution in [0.3, 0.4) is 0 Å². The molecular formula is C10H12BrNO3. The molecule has 0 aromatic heterocycles. The molecule has 0 saturated heterocycles. The number of carbonyl (C=O) groups excluding carboxylic acids is 1. The fraction of sp³-hybridized carbons (Fsp3) is 0.300. The Bertz CT molecular complexity index is 368. The number of hydroxylamine groups is 2. The maximum Gasteiger partial charge on any atom is 0.278 e. The molecule has 0 aliphatic carbocycles. The van der Waals surface area contributed by atoms with E-state index in [4.69, 9.17) is 9.57 Å². The summed E-state index contributed by atoms with van der Waals surface area (Å²) in [7, 11) is 4.54. The van der Waals surface area contributed by atoms with Crippen LogP contribution in [-0.4, -0.2) is 32.2 Å². The van der Waals surface area contributed by atoms with Gasteiger partial charge in [-0.1, -0.05) is 6.07 Å². The van der Waals surface area contributed by atoms with E-state index in [1.165, 1.54) is 7.11 Å². The third-order valence-electron chi connectivity index (χ3n) is 1.97. The van der Waals surface area contributed by atoms with Crippen LogP contribution in [0.15, 0.2) is 22.7 Å². The van der Waals surface area contributed by atoms with Crippen LogP contribution in [0.1, 0.15) is 10.4 Å². The van der Waals surface area contributed by atoms with Crippen LogP contribution in [-0.2, 0) is 4.84 Å². The largest absolute Gasteiger partial charge is 0.496 e. The van der Waals surface area contributed by atoms with Crippen molar-refractivity contribution in [3.63, 3.8) is 0 Å². The number of hydrogen-bond donors (Lipinski definition) is 0. The first-order chi connectivity index (χ1) is 7.11. The van der Waals surface area contributed by atoms with Gasteiger partial charge in [-0.2, -0.15) is 0 Å². The number of nitrogens with zero attached hydrogens (tertiary/aromatic N) is 1. The molecule has 5 heteroatoms. The van der Waals surface area contributed by atoms with Gasteiger partial charge in [-0.15, -0.1) is 0 Å². The monoisotopic (exact) mass is 273 g/mol. The maximum absolute atomic E-state index is 11.8. The van der Waals surface area contributed by atoms with Gasteiger partial charge in [0.2, 0.25) is 0 Å². The van der Waals surface area contributed by atoms with Crippen molar-refractivity contribution in [2.45, 2.75) is 0 Å². The van der Waals surface area contributed by atoms with Crippen LogP contribution < -0.4 is 4.74 Å². The average Bonchev–Trinajstić information content (AvgIpc) is 2.27. The van der Waals surface area contributed by atoms with Gasteiger partial charge in [-0.25, -0.2) is 5.06 Å². The number of ether oxygens (including phenoxy) is 1. The van der Waals surface area contributed by atoms with Crippen LogP contribution in [0.2, 0.25) is 0 Å². The van der Waals surface area contributed by atoms with Crippen LogP contribution in [0.5, 0.6) is 5.75 Å². The Morgan fingerprint density at radius 1 is 1.40 bits per heavy atom. The Labute approximate surface area is 96.9 Å². The summed E-state index contributed by atoms with van der Waals surface area (Å²) in [4.78, 5) is 16.6. The zero-order chi connectivity index (χ0) is 11.4. The molecule has 1 rings (SSSR count). The summed E-state index contributed by atoms with van der Waals surface area (Å²) in [6.45, 7) is 0. The third-order valence-corrected chi connectivity index (χ3v) is 2.79. The number of amides is 1. The maximum atomic E-state index is 11.8. The minimum atomic E-state index is -0.233. The van der Waals surface area contributed by atoms with E-state index in [0.717, 1.165) is 5.06 Å². The molecule has 0 saturated carbocycles. The number of halogens is 1. The molecule has 0 spiro atoms. The van der Waals surface area contributed by atoms with Crippen molar-refractivity contribution < 1.29 is 14.4 Å². The molecule has 0 aliphatic rings. The minimum Gasteiger partial charge on any atom is -0.496 e. The van der Waals surface area contributed by atoms with Gasteiger partial charge in [-0.05, 0) is 28.1 Å². The molecule has 82 valence electrons. The van der Waals surface area contributed by atoms with E-state index in [9.17, 15) is 4.79 Å². The van der Waals surface area contributed by atoms with Gasteiger partial charge in [0.1, 0.15) is 5.75 Å². The van der Waals surface area contributed by atoms with Gasteiger partial charge in [0.05, 0.1) is 24.3 Å². The zero-order valence-electron chi connectivity index (χ0n) is 8.78. The smallest absolute Gasteiger partial charge is 0.278 e. The van der Waals surface area contributed by atoms with Gasteiger partial charge < -0.3 is 4.74 Å². The second-order valence-corrected chi connectivity index (χ2v) is 3.60. The second-order valence-electron chi connectivity index (χ2n) is 2.81. The molecule has 0 aliphatic heterocycles. The summed E-state index contributed by atoms with van der Waals surface area (Å²) in [6.07, 6.45) is 0. The topological polar surface area (TPSA) is 38.8 Å². The molecule has 1 aromatic rings. The second kappa shape index (κ2) is 5.14. The molecule has 0 heterocycles. The summed E-state index contributed by atoms with van der Waals surface area (Å²) < 4.78 is 5.72. The molecule has 15 heavy (non-hydrogen) atoms. The van der Waals surface area contributed by atoms with Crippen molar-refractivity contribution in [1.29, 1.82) is 0 Å². The Balaban J connectivity index is 3.09. The van der Waals surface area contributed by atoms with E-state index in [1.54, 1.807) is 32.4 Å². The van der Waals surface area contributed by atoms with Gasteiger partial charge in [0.25, 0.3) is 5.91 Å². The fourth-order valence-corrected chi connectivity index (χ4v) is 1.68. The molecule has 0 fully saturated rings. The predicted molar refractivity (Wildman–Crippen MR) is 59.8 cm³/mol. The minimum absolute atomic E-state index is 0.233. The zero-order valence-corrected chi connectivity index (χ0v) is 10.4. The average molecular weight is 274 g/mol. The van der Waals surface area contributed by atoms with E-state index in [2.05, 4.69) is 15.9 Å². The van der Waals surface area contributed by atoms with Crippen molar-refractivity contribution >= 4 is 21.8 Å². The van der Waals surface area contributed by atoms with Crippen LogP contribution in [0, 0.1) is 0 Å². The van der Waals surface area contributed by atoms with Crippen molar-refractivity contribution in [3.05, 3.63) is 28.2 Å². The summed E-state index contributed by atoms with van der Waals surface area (Å²) in [6, 6.07) is 5.22. The van der Waals surface area contributed by atoms with Gasteiger partial charge in [0, 0.05) is 7.05 Å². The van der Waals surface area contributed by atoms with Gasteiger partial charge in [0.15, 0.2) is 0 Å². The number of benzene rings is 1. The molecule has 4 nitrogen and oxygen atoms in total. The Morgan fingerprint density at radius 3 is 2.60 bits per heavy atom. The van der Waals surface area contributed by atoms with E-state index in [-0.39, 0.29) is 5.91 Å². The normalized spacial score (nSPS) is 9.87. The quantitative estimate of drug-likeness (QED) is 0.792. The van der Waals surface area contributed by atoms with Crippen LogP contribution >= 0.6 is 15.9 Å². The van der Waals surface area contributed by atoms with Crippen molar-refractivity contribution in [1.82, 2.24) is 5.06 Å². The summed E-state index contributed by atoms with van der Waals surface area (Å²) in [5, 5.41) is 1.15. The lowest BCUT2D eigenvalue weighted by atomic mass is 10.2. The van der Waals surface area contributed by atoms with E-state index in [1.807, 2.05) is 0 Å². The lowest BCUT2D eigenvalue weighted by Gasteiger charge is -2.15. The first-order valence-electron chi connectivity index (χ1n) is 4.26. The molecule has 0 unspecified atom stereocenters. The molecule has 1 amide bonds. The highest BCUT2D eigenvalue weighted by molar-refractivity contribution is 9.10. The highest BCUT2D eigenvalue weighted by Crippen LogP contribution is 2.28. The molecule has 1 aromatic carbocycles. The molecular weight excluding hydrogens is 262 g/mol. The summed E-state index contributed by atoms with van der Waals surface area (Å²) in [5.74, 6) is 0.383. The van der Waals surface area contributed by atoms with E-state index >= 15 is 0 Å². The first-order valence-corrected chi connectivity index (χ1v) is 5.05. The summed E-state index contributed by atoms with van der Waals surface area (Å²) in [5.41, 5.74) is 0.499. The predicted octanol–water partition coefficient (Wildman–Crippen LogP) is 2.09. The molecule has 0 atom stereocenters. The lowest BCUT2D eigenvalue weighted by Crippen LogP contribution is -2.25. The molecule has 0 radical (unpaired) electrons. The SMILES string of the molecule is COc1cccc(C(=O)N(C)OC)c1Br. The number of rotatable bonds is 3. The van der Waals surface area contributed by atoms with Crippen LogP contribution in [0.4, 0.5) is 0 Å². The number of carbonyl (C=O) groups is 1. The van der Waals surface area contributed by atoms with Crippen LogP contribution in [0.25, 0.3) is 0 Å². The van der Waals surface area contributed by atoms with Crippen molar-refractivity contribution in [2.75, 3.05) is 21.3 Å². The third kappa shape index (κ3) is 2.49. The Hall–Kier alpha value is -1.07. The molecule has 0 N–H and O–H groups in total. The Morgan fingerprint density at radius 2 is 2.07 bits per heavy atom. The number of methoxy groups -OCH3 is 1. The first kappa shape index (κ1) is 12.0. The van der Waals surface area contributed by atoms with Gasteiger partial charge in [-0.3, -0.25) is 9.63 Å². The van der Waals surface area contributed by atoms with Crippen molar-refractivity contribution in [2.24, 2.45) is 0 Å². The highest BCUT2D eigenvalue weighted by atomic mass is 79.9. The van der Waals surface area contributed by atoms with Gasteiger partial charge >= 0.3 is 0 Å². The van der Waals surface area contributed by atoms with Crippen molar-refractivity contribution in [3.8, 4) is 5.75 Å². The standard InChI is InChI=1S/C10H12BrNO3/c1-12(15-3)10(13)7-5-4-6-8(14-2)9(7)11/h4-6H,1-3H3. The summed E-state index contributed by atoms with van der Waals surface area (Å²) >= 11 is 3.31. The lowest BCUT2D eigenvalue weighted by molar-refractivity contribution is -0.0757. The molecule has 0 bridgehead atoms. The Kier molecular flexibility index (Phi) is 4.11.